The number of hydrogen-bond acceptors (Lipinski definition) is 4. The first-order valence-electron chi connectivity index (χ1n) is 9.59. The highest BCUT2D eigenvalue weighted by molar-refractivity contribution is 7.99. The van der Waals surface area contributed by atoms with E-state index in [9.17, 15) is 18.0 Å². The van der Waals surface area contributed by atoms with Crippen LogP contribution in [-0.2, 0) is 17.5 Å². The normalized spacial score (nSPS) is 11.6. The summed E-state index contributed by atoms with van der Waals surface area (Å²) in [5.41, 5.74) is 3.07. The van der Waals surface area contributed by atoms with Crippen LogP contribution < -0.4 is 0 Å². The van der Waals surface area contributed by atoms with Gasteiger partial charge in [0.25, 0.3) is 0 Å². The molecule has 0 saturated carbocycles. The monoisotopic (exact) mass is 448 g/mol. The number of carbonyl (C=O) groups is 1. The van der Waals surface area contributed by atoms with E-state index in [1.807, 2.05) is 43.5 Å². The number of thioether (sulfide) groups is 1. The molecule has 9 heteroatoms. The van der Waals surface area contributed by atoms with E-state index in [4.69, 9.17) is 0 Å². The minimum atomic E-state index is -4.37. The number of carbonyl (C=O) groups excluding carboxylic acids is 1. The zero-order valence-corrected chi connectivity index (χ0v) is 18.5. The van der Waals surface area contributed by atoms with Gasteiger partial charge in [-0.1, -0.05) is 36.0 Å². The molecule has 3 rings (SSSR count). The van der Waals surface area contributed by atoms with E-state index in [1.54, 1.807) is 7.05 Å². The van der Waals surface area contributed by atoms with Gasteiger partial charge < -0.3 is 4.90 Å². The van der Waals surface area contributed by atoms with Crippen LogP contribution in [-0.4, -0.2) is 38.4 Å². The highest BCUT2D eigenvalue weighted by atomic mass is 32.2. The summed E-state index contributed by atoms with van der Waals surface area (Å²) >= 11 is 1.28. The molecule has 0 saturated heterocycles. The van der Waals surface area contributed by atoms with Crippen LogP contribution in [0, 0.1) is 20.8 Å². The lowest BCUT2D eigenvalue weighted by Crippen LogP contribution is -2.28. The van der Waals surface area contributed by atoms with Gasteiger partial charge in [-0.05, 0) is 55.7 Å². The van der Waals surface area contributed by atoms with E-state index in [2.05, 4.69) is 10.2 Å². The molecular weight excluding hydrogens is 425 g/mol. The summed E-state index contributed by atoms with van der Waals surface area (Å²) < 4.78 is 40.0. The number of aryl methyl sites for hydroxylation is 3. The molecule has 1 aromatic heterocycles. The third kappa shape index (κ3) is 5.46. The number of hydrogen-bond donors (Lipinski definition) is 0. The molecule has 0 bridgehead atoms. The number of amides is 1. The average molecular weight is 449 g/mol. The Morgan fingerprint density at radius 1 is 1.06 bits per heavy atom. The molecule has 31 heavy (non-hydrogen) atoms. The minimum absolute atomic E-state index is 0.139. The fourth-order valence-corrected chi connectivity index (χ4v) is 4.00. The maximum atomic E-state index is 12.7. The number of benzene rings is 2. The van der Waals surface area contributed by atoms with E-state index >= 15 is 0 Å². The molecule has 0 unspecified atom stereocenters. The van der Waals surface area contributed by atoms with Crippen molar-refractivity contribution >= 4 is 17.7 Å². The molecule has 164 valence electrons. The zero-order chi connectivity index (χ0) is 22.8. The highest BCUT2D eigenvalue weighted by Crippen LogP contribution is 2.29. The molecule has 5 nitrogen and oxygen atoms in total. The molecule has 0 aliphatic rings. The molecule has 0 aliphatic heterocycles. The summed E-state index contributed by atoms with van der Waals surface area (Å²) in [4.78, 5) is 14.1. The first kappa shape index (κ1) is 22.9. The van der Waals surface area contributed by atoms with Gasteiger partial charge in [-0.2, -0.15) is 13.2 Å². The lowest BCUT2D eigenvalue weighted by atomic mass is 10.1. The Labute approximate surface area is 183 Å². The maximum Gasteiger partial charge on any atom is 0.416 e. The van der Waals surface area contributed by atoms with Crippen molar-refractivity contribution in [3.8, 4) is 5.69 Å². The number of halogens is 3. The Hall–Kier alpha value is -2.81. The first-order valence-corrected chi connectivity index (χ1v) is 10.6. The van der Waals surface area contributed by atoms with Gasteiger partial charge in [0.05, 0.1) is 17.0 Å². The largest absolute Gasteiger partial charge is 0.416 e. The Morgan fingerprint density at radius 2 is 1.74 bits per heavy atom. The lowest BCUT2D eigenvalue weighted by molar-refractivity contribution is -0.137. The van der Waals surface area contributed by atoms with E-state index < -0.39 is 11.7 Å². The van der Waals surface area contributed by atoms with Crippen LogP contribution in [0.4, 0.5) is 13.2 Å². The molecule has 3 aromatic rings. The second kappa shape index (κ2) is 9.13. The fraction of sp³-hybridized carbons (Fsp3) is 0.318. The first-order chi connectivity index (χ1) is 14.6. The van der Waals surface area contributed by atoms with Crippen molar-refractivity contribution in [2.75, 3.05) is 12.8 Å². The molecule has 1 amide bonds. The van der Waals surface area contributed by atoms with Gasteiger partial charge in [0.15, 0.2) is 5.16 Å². The van der Waals surface area contributed by atoms with Gasteiger partial charge in [0.1, 0.15) is 5.82 Å². The van der Waals surface area contributed by atoms with Crippen molar-refractivity contribution in [2.45, 2.75) is 38.6 Å². The van der Waals surface area contributed by atoms with Crippen molar-refractivity contribution in [3.05, 3.63) is 70.5 Å². The van der Waals surface area contributed by atoms with Crippen LogP contribution in [0.1, 0.15) is 28.1 Å². The quantitative estimate of drug-likeness (QED) is 0.500. The second-order valence-electron chi connectivity index (χ2n) is 7.39. The van der Waals surface area contributed by atoms with Crippen LogP contribution >= 0.6 is 11.8 Å². The Kier molecular flexibility index (Phi) is 6.74. The predicted molar refractivity (Wildman–Crippen MR) is 114 cm³/mol. The van der Waals surface area contributed by atoms with Gasteiger partial charge in [0.2, 0.25) is 5.91 Å². The molecule has 0 fully saturated rings. The number of rotatable bonds is 6. The van der Waals surface area contributed by atoms with E-state index in [0.29, 0.717) is 10.7 Å². The standard InChI is InChI=1S/C22H23F3N4OS/c1-14-5-6-15(2)19(11-14)29-16(3)26-27-21(29)31-13-20(30)28(4)12-17-7-9-18(10-8-17)22(23,24)25/h5-11H,12-13H2,1-4H3. The summed E-state index contributed by atoms with van der Waals surface area (Å²) in [6, 6.07) is 10.9. The molecular formula is C22H23F3N4OS. The van der Waals surface area contributed by atoms with Crippen LogP contribution in [0.2, 0.25) is 0 Å². The topological polar surface area (TPSA) is 51.0 Å². The number of nitrogens with zero attached hydrogens (tertiary/aromatic N) is 4. The van der Waals surface area contributed by atoms with Gasteiger partial charge >= 0.3 is 6.18 Å². The average Bonchev–Trinajstić information content (AvgIpc) is 3.08. The van der Waals surface area contributed by atoms with E-state index in [0.717, 1.165) is 34.8 Å². The third-order valence-electron chi connectivity index (χ3n) is 4.85. The van der Waals surface area contributed by atoms with Crippen molar-refractivity contribution in [3.63, 3.8) is 0 Å². The molecule has 0 spiro atoms. The van der Waals surface area contributed by atoms with Crippen molar-refractivity contribution in [1.29, 1.82) is 0 Å². The Morgan fingerprint density at radius 3 is 2.39 bits per heavy atom. The van der Waals surface area contributed by atoms with Crippen LogP contribution in [0.3, 0.4) is 0 Å². The predicted octanol–water partition coefficient (Wildman–Crippen LogP) is 4.96. The minimum Gasteiger partial charge on any atom is -0.341 e. The summed E-state index contributed by atoms with van der Waals surface area (Å²) in [7, 11) is 1.63. The maximum absolute atomic E-state index is 12.7. The summed E-state index contributed by atoms with van der Waals surface area (Å²) in [5.74, 6) is 0.708. The molecule has 0 atom stereocenters. The lowest BCUT2D eigenvalue weighted by Gasteiger charge is -2.18. The van der Waals surface area contributed by atoms with Gasteiger partial charge in [-0.25, -0.2) is 0 Å². The second-order valence-corrected chi connectivity index (χ2v) is 8.33. The van der Waals surface area contributed by atoms with Gasteiger partial charge in [0, 0.05) is 13.6 Å². The highest BCUT2D eigenvalue weighted by Gasteiger charge is 2.30. The van der Waals surface area contributed by atoms with Crippen molar-refractivity contribution < 1.29 is 18.0 Å². The number of alkyl halides is 3. The zero-order valence-electron chi connectivity index (χ0n) is 17.7. The fourth-order valence-electron chi connectivity index (χ4n) is 3.07. The van der Waals surface area contributed by atoms with Gasteiger partial charge in [-0.15, -0.1) is 10.2 Å². The van der Waals surface area contributed by atoms with Gasteiger partial charge in [-0.3, -0.25) is 9.36 Å². The molecule has 1 heterocycles. The summed E-state index contributed by atoms with van der Waals surface area (Å²) in [6.45, 7) is 6.10. The molecule has 0 aliphatic carbocycles. The van der Waals surface area contributed by atoms with Crippen molar-refractivity contribution in [1.82, 2.24) is 19.7 Å². The Bertz CT molecular complexity index is 1080. The SMILES string of the molecule is Cc1ccc(C)c(-n2c(C)nnc2SCC(=O)N(C)Cc2ccc(C(F)(F)F)cc2)c1. The smallest absolute Gasteiger partial charge is 0.341 e. The van der Waals surface area contributed by atoms with Crippen LogP contribution in [0.5, 0.6) is 0 Å². The van der Waals surface area contributed by atoms with Crippen LogP contribution in [0.25, 0.3) is 5.69 Å². The molecule has 2 aromatic carbocycles. The van der Waals surface area contributed by atoms with Crippen molar-refractivity contribution in [2.24, 2.45) is 0 Å². The van der Waals surface area contributed by atoms with Crippen LogP contribution in [0.15, 0.2) is 47.6 Å². The third-order valence-corrected chi connectivity index (χ3v) is 5.77. The molecule has 0 N–H and O–H groups in total. The van der Waals surface area contributed by atoms with E-state index in [1.165, 1.54) is 28.8 Å². The summed E-state index contributed by atoms with van der Waals surface area (Å²) in [5, 5.41) is 8.98. The summed E-state index contributed by atoms with van der Waals surface area (Å²) in [6.07, 6.45) is -4.37. The number of aromatic nitrogens is 3. The molecule has 0 radical (unpaired) electrons. The van der Waals surface area contributed by atoms with E-state index in [-0.39, 0.29) is 18.2 Å². The Balaban J connectivity index is 1.67.